The summed E-state index contributed by atoms with van der Waals surface area (Å²) < 4.78 is 0. The minimum absolute atomic E-state index is 0.314. The summed E-state index contributed by atoms with van der Waals surface area (Å²) in [6.07, 6.45) is 8.23. The lowest BCUT2D eigenvalue weighted by atomic mass is 10.1. The Balaban J connectivity index is 1.43. The van der Waals surface area contributed by atoms with Gasteiger partial charge in [-0.25, -0.2) is 9.97 Å². The minimum atomic E-state index is 0.314. The van der Waals surface area contributed by atoms with Crippen LogP contribution < -0.4 is 11.1 Å². The average molecular weight is 481 g/mol. The second kappa shape index (κ2) is 8.52. The van der Waals surface area contributed by atoms with Gasteiger partial charge in [0.25, 0.3) is 0 Å². The number of fused-ring (bicyclic) bond motifs is 2. The molecule has 0 aromatic carbocycles. The van der Waals surface area contributed by atoms with Crippen molar-refractivity contribution in [2.24, 2.45) is 5.73 Å². The fourth-order valence-electron chi connectivity index (χ4n) is 4.25. The largest absolute Gasteiger partial charge is 0.402 e. The van der Waals surface area contributed by atoms with Crippen molar-refractivity contribution in [1.29, 1.82) is 0 Å². The third kappa shape index (κ3) is 4.00. The van der Waals surface area contributed by atoms with Gasteiger partial charge >= 0.3 is 0 Å². The summed E-state index contributed by atoms with van der Waals surface area (Å²) in [7, 11) is 0. The van der Waals surface area contributed by atoms with Gasteiger partial charge in [0.2, 0.25) is 0 Å². The predicted molar refractivity (Wildman–Crippen MR) is 141 cm³/mol. The quantitative estimate of drug-likeness (QED) is 0.277. The molecule has 0 aliphatic heterocycles. The molecule has 0 bridgehead atoms. The Bertz CT molecular complexity index is 1590. The SMILES string of the molecule is CC(C)Nc1cncc(-c2ccc3[nH]nc(-c4nc5c([nH]4)CC(N)=CC=C5c4cccs4)c3n2)c1. The van der Waals surface area contributed by atoms with Gasteiger partial charge < -0.3 is 16.0 Å². The van der Waals surface area contributed by atoms with Crippen LogP contribution in [0, 0.1) is 0 Å². The van der Waals surface area contributed by atoms with E-state index >= 15 is 0 Å². The highest BCUT2D eigenvalue weighted by Crippen LogP contribution is 2.34. The highest BCUT2D eigenvalue weighted by Gasteiger charge is 2.22. The van der Waals surface area contributed by atoms with Crippen molar-refractivity contribution in [1.82, 2.24) is 30.1 Å². The summed E-state index contributed by atoms with van der Waals surface area (Å²) in [4.78, 5) is 18.9. The lowest BCUT2D eigenvalue weighted by Crippen LogP contribution is -2.09. The number of hydrogen-bond acceptors (Lipinski definition) is 7. The van der Waals surface area contributed by atoms with Crippen LogP contribution in [-0.4, -0.2) is 36.2 Å². The number of nitrogens with one attached hydrogen (secondary N) is 3. The molecule has 6 rings (SSSR count). The van der Waals surface area contributed by atoms with Crippen molar-refractivity contribution < 1.29 is 0 Å². The summed E-state index contributed by atoms with van der Waals surface area (Å²) in [5.41, 5.74) is 14.9. The van der Waals surface area contributed by atoms with E-state index in [-0.39, 0.29) is 0 Å². The van der Waals surface area contributed by atoms with Crippen molar-refractivity contribution in [3.05, 3.63) is 82.2 Å². The van der Waals surface area contributed by atoms with Gasteiger partial charge in [0.15, 0.2) is 11.5 Å². The molecule has 5 N–H and O–H groups in total. The Morgan fingerprint density at radius 2 is 2.00 bits per heavy atom. The van der Waals surface area contributed by atoms with Crippen molar-refractivity contribution in [3.8, 4) is 22.8 Å². The van der Waals surface area contributed by atoms with Crippen LogP contribution in [0.2, 0.25) is 0 Å². The summed E-state index contributed by atoms with van der Waals surface area (Å²) in [6.45, 7) is 4.20. The zero-order valence-electron chi connectivity index (χ0n) is 19.3. The fourth-order valence-corrected chi connectivity index (χ4v) is 5.00. The van der Waals surface area contributed by atoms with Gasteiger partial charge in [-0.2, -0.15) is 5.10 Å². The molecule has 5 aromatic rings. The Hall–Kier alpha value is -4.24. The number of hydrogen-bond donors (Lipinski definition) is 4. The van der Waals surface area contributed by atoms with Crippen molar-refractivity contribution in [3.63, 3.8) is 0 Å². The average Bonchev–Trinajstić information content (AvgIpc) is 3.58. The van der Waals surface area contributed by atoms with Crippen LogP contribution in [-0.2, 0) is 6.42 Å². The van der Waals surface area contributed by atoms with E-state index in [2.05, 4.69) is 56.8 Å². The van der Waals surface area contributed by atoms with E-state index in [1.54, 1.807) is 11.3 Å². The van der Waals surface area contributed by atoms with Gasteiger partial charge in [0.1, 0.15) is 5.52 Å². The number of nitrogens with two attached hydrogens (primary N) is 1. The van der Waals surface area contributed by atoms with Crippen LogP contribution >= 0.6 is 11.3 Å². The number of imidazole rings is 1. The molecule has 0 atom stereocenters. The van der Waals surface area contributed by atoms with Crippen molar-refractivity contribution >= 4 is 33.6 Å². The number of anilines is 1. The Morgan fingerprint density at radius 1 is 1.09 bits per heavy atom. The maximum Gasteiger partial charge on any atom is 0.161 e. The van der Waals surface area contributed by atoms with Gasteiger partial charge in [-0.05, 0) is 55.6 Å². The molecule has 0 unspecified atom stereocenters. The maximum atomic E-state index is 6.24. The third-order valence-electron chi connectivity index (χ3n) is 5.79. The standard InChI is InChI=1S/C26H24N8S/c1-14(2)29-17-10-15(12-28-13-17)19-7-8-20-24(30-19)25(34-33-20)26-31-21-11-16(27)5-6-18(23(21)32-26)22-4-3-9-35-22/h3-10,12-14,29H,11,27H2,1-2H3,(H,31,32)(H,33,34). The number of rotatable bonds is 5. The third-order valence-corrected chi connectivity index (χ3v) is 6.69. The molecule has 35 heavy (non-hydrogen) atoms. The molecule has 8 nitrogen and oxygen atoms in total. The molecule has 0 saturated heterocycles. The fraction of sp³-hybridized carbons (Fsp3) is 0.154. The number of aromatic amines is 2. The minimum Gasteiger partial charge on any atom is -0.402 e. The van der Waals surface area contributed by atoms with Crippen LogP contribution in [0.15, 0.2) is 66.0 Å². The van der Waals surface area contributed by atoms with E-state index < -0.39 is 0 Å². The number of aromatic nitrogens is 6. The molecule has 5 aromatic heterocycles. The van der Waals surface area contributed by atoms with Crippen LogP contribution in [0.3, 0.4) is 0 Å². The first-order valence-electron chi connectivity index (χ1n) is 11.4. The van der Waals surface area contributed by atoms with Crippen molar-refractivity contribution in [2.45, 2.75) is 26.3 Å². The van der Waals surface area contributed by atoms with Crippen LogP contribution in [0.25, 0.3) is 39.4 Å². The number of H-pyrrole nitrogens is 2. The van der Waals surface area contributed by atoms with Crippen LogP contribution in [0.1, 0.15) is 30.1 Å². The number of pyridine rings is 2. The zero-order valence-corrected chi connectivity index (χ0v) is 20.1. The number of allylic oxidation sites excluding steroid dienone is 3. The van der Waals surface area contributed by atoms with Gasteiger partial charge in [0, 0.05) is 52.3 Å². The zero-order chi connectivity index (χ0) is 23.9. The topological polar surface area (TPSA) is 121 Å². The second-order valence-corrected chi connectivity index (χ2v) is 9.76. The summed E-state index contributed by atoms with van der Waals surface area (Å²) in [5, 5.41) is 13.1. The first-order chi connectivity index (χ1) is 17.0. The Labute approximate surface area is 206 Å². The molecule has 5 heterocycles. The summed E-state index contributed by atoms with van der Waals surface area (Å²) >= 11 is 1.68. The summed E-state index contributed by atoms with van der Waals surface area (Å²) in [6, 6.07) is 10.5. The normalized spacial score (nSPS) is 13.5. The first kappa shape index (κ1) is 21.3. The van der Waals surface area contributed by atoms with Gasteiger partial charge in [0.05, 0.1) is 22.6 Å². The highest BCUT2D eigenvalue weighted by atomic mass is 32.1. The van der Waals surface area contributed by atoms with E-state index in [1.165, 1.54) is 0 Å². The molecule has 9 heteroatoms. The van der Waals surface area contributed by atoms with Crippen molar-refractivity contribution in [2.75, 3.05) is 5.32 Å². The lowest BCUT2D eigenvalue weighted by Gasteiger charge is -2.10. The maximum absolute atomic E-state index is 6.24. The monoisotopic (exact) mass is 480 g/mol. The predicted octanol–water partition coefficient (Wildman–Crippen LogP) is 5.12. The Morgan fingerprint density at radius 3 is 2.83 bits per heavy atom. The van der Waals surface area contributed by atoms with Gasteiger partial charge in [-0.15, -0.1) is 11.3 Å². The molecular weight excluding hydrogens is 456 g/mol. The molecule has 174 valence electrons. The summed E-state index contributed by atoms with van der Waals surface area (Å²) in [5.74, 6) is 0.663. The molecule has 0 spiro atoms. The van der Waals surface area contributed by atoms with E-state index in [4.69, 9.17) is 15.7 Å². The molecule has 1 aliphatic rings. The van der Waals surface area contributed by atoms with Gasteiger partial charge in [-0.1, -0.05) is 6.07 Å². The number of nitrogens with zero attached hydrogens (tertiary/aromatic N) is 4. The molecule has 0 amide bonds. The second-order valence-electron chi connectivity index (χ2n) is 8.81. The van der Waals surface area contributed by atoms with E-state index in [0.717, 1.165) is 55.5 Å². The smallest absolute Gasteiger partial charge is 0.161 e. The van der Waals surface area contributed by atoms with E-state index in [9.17, 15) is 0 Å². The first-order valence-corrected chi connectivity index (χ1v) is 12.3. The molecule has 1 aliphatic carbocycles. The van der Waals surface area contributed by atoms with E-state index in [1.807, 2.05) is 42.7 Å². The molecule has 0 fully saturated rings. The molecule has 0 radical (unpaired) electrons. The number of thiophene rings is 1. The van der Waals surface area contributed by atoms with Crippen LogP contribution in [0.5, 0.6) is 0 Å². The van der Waals surface area contributed by atoms with Crippen LogP contribution in [0.4, 0.5) is 5.69 Å². The molecule has 0 saturated carbocycles. The highest BCUT2D eigenvalue weighted by molar-refractivity contribution is 7.11. The molecular formula is C26H24N8S. The Kier molecular flexibility index (Phi) is 5.18. The lowest BCUT2D eigenvalue weighted by molar-refractivity contribution is 0.898. The van der Waals surface area contributed by atoms with Gasteiger partial charge in [-0.3, -0.25) is 10.1 Å². The van der Waals surface area contributed by atoms with E-state index in [0.29, 0.717) is 24.0 Å².